The summed E-state index contributed by atoms with van der Waals surface area (Å²) in [7, 11) is -6.58. The van der Waals surface area contributed by atoms with E-state index < -0.39 is 24.9 Å². The van der Waals surface area contributed by atoms with Crippen molar-refractivity contribution in [3.05, 3.63) is 65.2 Å². The molecule has 1 unspecified atom stereocenters. The fraction of sp³-hybridized carbons (Fsp3) is 0.368. The van der Waals surface area contributed by atoms with Gasteiger partial charge in [0.1, 0.15) is 9.84 Å². The third-order valence-corrected chi connectivity index (χ3v) is 7.67. The first-order chi connectivity index (χ1) is 12.2. The van der Waals surface area contributed by atoms with E-state index in [2.05, 4.69) is 0 Å². The van der Waals surface area contributed by atoms with Crippen LogP contribution < -0.4 is 0 Å². The normalized spacial score (nSPS) is 13.5. The molecule has 0 aliphatic heterocycles. The van der Waals surface area contributed by atoms with Crippen LogP contribution in [-0.2, 0) is 26.1 Å². The van der Waals surface area contributed by atoms with Crippen LogP contribution in [0, 0.1) is 0 Å². The first kappa shape index (κ1) is 20.9. The molecule has 2 rings (SSSR count). The van der Waals surface area contributed by atoms with Crippen LogP contribution in [0.15, 0.2) is 59.5 Å². The van der Waals surface area contributed by atoms with Gasteiger partial charge in [-0.15, -0.1) is 0 Å². The van der Waals surface area contributed by atoms with Crippen LogP contribution in [0.3, 0.4) is 0 Å². The second-order valence-electron chi connectivity index (χ2n) is 6.44. The highest BCUT2D eigenvalue weighted by atomic mass is 35.5. The molecule has 0 heterocycles. The first-order valence-corrected chi connectivity index (χ1v) is 12.4. The van der Waals surface area contributed by atoms with Gasteiger partial charge in [0.05, 0.1) is 10.1 Å². The molecule has 0 bridgehead atoms. The minimum Gasteiger partial charge on any atom is -0.229 e. The molecule has 142 valence electrons. The summed E-state index contributed by atoms with van der Waals surface area (Å²) < 4.78 is 48.7. The number of unbranched alkanes of at least 4 members (excludes halogenated alkanes) is 1. The van der Waals surface area contributed by atoms with Crippen molar-refractivity contribution in [1.29, 1.82) is 0 Å². The molecule has 1 atom stereocenters. The lowest BCUT2D eigenvalue weighted by atomic mass is 10.1. The van der Waals surface area contributed by atoms with Gasteiger partial charge in [-0.25, -0.2) is 16.8 Å². The summed E-state index contributed by atoms with van der Waals surface area (Å²) in [5, 5.41) is -0.123. The van der Waals surface area contributed by atoms with Crippen LogP contribution in [-0.4, -0.2) is 34.1 Å². The Hall–Kier alpha value is -1.37. The van der Waals surface area contributed by atoms with Gasteiger partial charge >= 0.3 is 0 Å². The molecule has 26 heavy (non-hydrogen) atoms. The minimum absolute atomic E-state index is 0.0754. The van der Waals surface area contributed by atoms with Gasteiger partial charge in [0.15, 0.2) is 9.84 Å². The zero-order valence-corrected chi connectivity index (χ0v) is 17.0. The highest BCUT2D eigenvalue weighted by molar-refractivity contribution is 7.92. The van der Waals surface area contributed by atoms with Crippen molar-refractivity contribution >= 4 is 31.3 Å². The van der Waals surface area contributed by atoms with Crippen LogP contribution in [0.25, 0.3) is 0 Å². The van der Waals surface area contributed by atoms with Crippen LogP contribution in [0.5, 0.6) is 0 Å². The van der Waals surface area contributed by atoms with E-state index in [9.17, 15) is 16.8 Å². The van der Waals surface area contributed by atoms with Crippen molar-refractivity contribution in [2.24, 2.45) is 0 Å². The highest BCUT2D eigenvalue weighted by Gasteiger charge is 2.27. The quantitative estimate of drug-likeness (QED) is 0.583. The molecule has 0 spiro atoms. The Morgan fingerprint density at radius 1 is 0.885 bits per heavy atom. The fourth-order valence-corrected chi connectivity index (χ4v) is 5.44. The summed E-state index contributed by atoms with van der Waals surface area (Å²) in [5.74, 6) is 0.0754. The number of hydrogen-bond acceptors (Lipinski definition) is 4. The molecule has 2 aromatic carbocycles. The van der Waals surface area contributed by atoms with E-state index in [1.54, 1.807) is 12.1 Å². The van der Waals surface area contributed by atoms with Crippen molar-refractivity contribution in [2.45, 2.75) is 35.8 Å². The lowest BCUT2D eigenvalue weighted by molar-refractivity contribution is 0.559. The molecule has 0 saturated heterocycles. The Morgan fingerprint density at radius 2 is 1.50 bits per heavy atom. The Bertz CT molecular complexity index is 906. The summed E-state index contributed by atoms with van der Waals surface area (Å²) in [6.45, 7) is 0. The van der Waals surface area contributed by atoms with Crippen molar-refractivity contribution in [1.82, 2.24) is 0 Å². The molecule has 0 saturated carbocycles. The molecule has 0 N–H and O–H groups in total. The summed E-state index contributed by atoms with van der Waals surface area (Å²) in [6, 6.07) is 15.6. The van der Waals surface area contributed by atoms with E-state index >= 15 is 0 Å². The molecule has 0 aliphatic carbocycles. The molecule has 0 aromatic heterocycles. The third kappa shape index (κ3) is 6.41. The van der Waals surface area contributed by atoms with Crippen molar-refractivity contribution in [3.63, 3.8) is 0 Å². The molecule has 4 nitrogen and oxygen atoms in total. The number of hydrogen-bond donors (Lipinski definition) is 0. The summed E-state index contributed by atoms with van der Waals surface area (Å²) in [5.41, 5.74) is 0.943. The van der Waals surface area contributed by atoms with Gasteiger partial charge in [0.2, 0.25) is 0 Å². The van der Waals surface area contributed by atoms with E-state index in [0.29, 0.717) is 30.7 Å². The van der Waals surface area contributed by atoms with Crippen LogP contribution >= 0.6 is 11.6 Å². The lowest BCUT2D eigenvalue weighted by Gasteiger charge is -2.18. The Balaban J connectivity index is 2.19. The average Bonchev–Trinajstić information content (AvgIpc) is 2.58. The Kier molecular flexibility index (Phi) is 7.26. The highest BCUT2D eigenvalue weighted by Crippen LogP contribution is 2.25. The topological polar surface area (TPSA) is 68.3 Å². The molecule has 0 fully saturated rings. The Morgan fingerprint density at radius 3 is 2.08 bits per heavy atom. The zero-order valence-electron chi connectivity index (χ0n) is 14.6. The van der Waals surface area contributed by atoms with Crippen molar-refractivity contribution < 1.29 is 16.8 Å². The van der Waals surface area contributed by atoms with Crippen LogP contribution in [0.2, 0.25) is 5.02 Å². The Labute approximate surface area is 161 Å². The van der Waals surface area contributed by atoms with Crippen molar-refractivity contribution in [3.8, 4) is 0 Å². The predicted octanol–water partition coefficient (Wildman–Crippen LogP) is 3.94. The van der Waals surface area contributed by atoms with Gasteiger partial charge in [-0.2, -0.15) is 0 Å². The maximum atomic E-state index is 13.1. The summed E-state index contributed by atoms with van der Waals surface area (Å²) in [4.78, 5) is 0.242. The molecular formula is C19H23ClO4S2. The van der Waals surface area contributed by atoms with Gasteiger partial charge < -0.3 is 0 Å². The van der Waals surface area contributed by atoms with Crippen LogP contribution in [0.1, 0.15) is 24.8 Å². The number of halogens is 1. The minimum atomic E-state index is -3.54. The third-order valence-electron chi connectivity index (χ3n) is 4.18. The largest absolute Gasteiger partial charge is 0.229 e. The molecule has 7 heteroatoms. The second kappa shape index (κ2) is 9.02. The fourth-order valence-electron chi connectivity index (χ4n) is 2.80. The zero-order chi connectivity index (χ0) is 19.2. The maximum absolute atomic E-state index is 13.1. The first-order valence-electron chi connectivity index (χ1n) is 8.39. The molecule has 0 amide bonds. The molecule has 0 aliphatic rings. The van der Waals surface area contributed by atoms with Gasteiger partial charge in [-0.1, -0.05) is 48.4 Å². The monoisotopic (exact) mass is 414 g/mol. The summed E-state index contributed by atoms with van der Waals surface area (Å²) >= 11 is 5.86. The van der Waals surface area contributed by atoms with Gasteiger partial charge in [0.25, 0.3) is 0 Å². The van der Waals surface area contributed by atoms with E-state index in [0.717, 1.165) is 5.56 Å². The summed E-state index contributed by atoms with van der Waals surface area (Å²) in [6.07, 6.45) is 3.00. The number of benzene rings is 2. The molecule has 2 aromatic rings. The van der Waals surface area contributed by atoms with Gasteiger partial charge in [-0.3, -0.25) is 0 Å². The predicted molar refractivity (Wildman–Crippen MR) is 106 cm³/mol. The molecular weight excluding hydrogens is 392 g/mol. The maximum Gasteiger partial charge on any atom is 0.181 e. The average molecular weight is 415 g/mol. The van der Waals surface area contributed by atoms with Gasteiger partial charge in [-0.05, 0) is 49.1 Å². The van der Waals surface area contributed by atoms with E-state index in [1.165, 1.54) is 18.4 Å². The van der Waals surface area contributed by atoms with Crippen molar-refractivity contribution in [2.75, 3.05) is 12.0 Å². The number of sulfone groups is 2. The number of rotatable bonds is 9. The SMILES string of the molecule is CS(=O)(=O)CCCCC(Cc1ccccc1)S(=O)(=O)c1ccc(Cl)cc1. The molecule has 0 radical (unpaired) electrons. The van der Waals surface area contributed by atoms with E-state index in [1.807, 2.05) is 30.3 Å². The lowest BCUT2D eigenvalue weighted by Crippen LogP contribution is -2.24. The second-order valence-corrected chi connectivity index (χ2v) is 11.4. The van der Waals surface area contributed by atoms with E-state index in [4.69, 9.17) is 11.6 Å². The standard InChI is InChI=1S/C19H23ClO4S2/c1-25(21,22)14-6-5-9-19(15-16-7-3-2-4-8-16)26(23,24)18-12-10-17(20)11-13-18/h2-4,7-8,10-13,19H,5-6,9,14-15H2,1H3. The van der Waals surface area contributed by atoms with E-state index in [-0.39, 0.29) is 10.6 Å². The van der Waals surface area contributed by atoms with Crippen LogP contribution in [0.4, 0.5) is 0 Å². The van der Waals surface area contributed by atoms with Gasteiger partial charge in [0, 0.05) is 17.0 Å². The smallest absolute Gasteiger partial charge is 0.181 e.